The Morgan fingerprint density at radius 2 is 1.85 bits per heavy atom. The van der Waals surface area contributed by atoms with Crippen LogP contribution in [0.4, 0.5) is 5.69 Å². The third kappa shape index (κ3) is 3.60. The Kier molecular flexibility index (Phi) is 5.88. The van der Waals surface area contributed by atoms with Gasteiger partial charge in [-0.1, -0.05) is 24.4 Å². The monoisotopic (exact) mass is 397 g/mol. The summed E-state index contributed by atoms with van der Waals surface area (Å²) in [5.41, 5.74) is 1.09. The van der Waals surface area contributed by atoms with Gasteiger partial charge in [0.1, 0.15) is 5.38 Å². The van der Waals surface area contributed by atoms with Crippen LogP contribution in [0.2, 0.25) is 5.02 Å². The zero-order valence-electron chi connectivity index (χ0n) is 14.5. The maximum atomic E-state index is 12.7. The van der Waals surface area contributed by atoms with E-state index in [-0.39, 0.29) is 36.7 Å². The summed E-state index contributed by atoms with van der Waals surface area (Å²) >= 11 is 12.3. The minimum absolute atomic E-state index is 0.138. The Bertz CT molecular complexity index is 712. The lowest BCUT2D eigenvalue weighted by atomic mass is 9.81. The molecule has 1 aliphatic heterocycles. The molecule has 1 saturated carbocycles. The fourth-order valence-electron chi connectivity index (χ4n) is 3.78. The standard InChI is InChI=1S/C19H21Cl2NO4/c1-2-26-19(25)16(21)10-11-9-12(7-8-15(11)20)22-17(23)13-5-3-4-6-14(13)18(22)24/h7-9,13-14,16H,2-6,10H2,1H3. The lowest BCUT2D eigenvalue weighted by Gasteiger charge is -2.19. The van der Waals surface area contributed by atoms with Crippen molar-refractivity contribution in [3.63, 3.8) is 0 Å². The molecule has 1 saturated heterocycles. The van der Waals surface area contributed by atoms with Gasteiger partial charge in [0.2, 0.25) is 11.8 Å². The molecule has 1 aromatic carbocycles. The van der Waals surface area contributed by atoms with Crippen molar-refractivity contribution >= 4 is 46.7 Å². The second kappa shape index (κ2) is 7.97. The number of nitrogens with zero attached hydrogens (tertiary/aromatic N) is 1. The highest BCUT2D eigenvalue weighted by Gasteiger charge is 2.48. The molecule has 0 N–H and O–H groups in total. The molecule has 0 spiro atoms. The quantitative estimate of drug-likeness (QED) is 0.431. The highest BCUT2D eigenvalue weighted by molar-refractivity contribution is 6.32. The lowest BCUT2D eigenvalue weighted by molar-refractivity contribution is -0.142. The van der Waals surface area contributed by atoms with Crippen LogP contribution in [0.15, 0.2) is 18.2 Å². The number of rotatable bonds is 5. The number of alkyl halides is 1. The summed E-state index contributed by atoms with van der Waals surface area (Å²) in [7, 11) is 0. The first-order valence-corrected chi connectivity index (χ1v) is 9.72. The van der Waals surface area contributed by atoms with Crippen LogP contribution in [-0.2, 0) is 25.5 Å². The van der Waals surface area contributed by atoms with Crippen molar-refractivity contribution < 1.29 is 19.1 Å². The van der Waals surface area contributed by atoms with E-state index in [4.69, 9.17) is 27.9 Å². The molecule has 2 amide bonds. The summed E-state index contributed by atoms with van der Waals surface area (Å²) in [6, 6.07) is 4.96. The van der Waals surface area contributed by atoms with Gasteiger partial charge in [-0.2, -0.15) is 0 Å². The summed E-state index contributed by atoms with van der Waals surface area (Å²) < 4.78 is 4.91. The van der Waals surface area contributed by atoms with E-state index in [0.29, 0.717) is 16.3 Å². The summed E-state index contributed by atoms with van der Waals surface area (Å²) in [5.74, 6) is -1.22. The number of ether oxygens (including phenoxy) is 1. The molecule has 0 radical (unpaired) electrons. The largest absolute Gasteiger partial charge is 0.465 e. The van der Waals surface area contributed by atoms with Crippen LogP contribution < -0.4 is 4.90 Å². The van der Waals surface area contributed by atoms with Gasteiger partial charge in [-0.05, 0) is 43.5 Å². The normalized spacial score (nSPS) is 23.7. The smallest absolute Gasteiger partial charge is 0.324 e. The van der Waals surface area contributed by atoms with Crippen molar-refractivity contribution in [3.05, 3.63) is 28.8 Å². The molecule has 2 fully saturated rings. The van der Waals surface area contributed by atoms with Crippen molar-refractivity contribution in [1.29, 1.82) is 0 Å². The van der Waals surface area contributed by atoms with Crippen molar-refractivity contribution in [3.8, 4) is 0 Å². The number of benzene rings is 1. The van der Waals surface area contributed by atoms with Crippen LogP contribution in [0.1, 0.15) is 38.2 Å². The second-order valence-corrected chi connectivity index (χ2v) is 7.64. The predicted octanol–water partition coefficient (Wildman–Crippen LogP) is 3.73. The summed E-state index contributed by atoms with van der Waals surface area (Å²) in [5, 5.41) is -0.449. The topological polar surface area (TPSA) is 63.7 Å². The number of hydrogen-bond acceptors (Lipinski definition) is 4. The van der Waals surface area contributed by atoms with E-state index >= 15 is 0 Å². The highest BCUT2D eigenvalue weighted by atomic mass is 35.5. The second-order valence-electron chi connectivity index (χ2n) is 6.71. The van der Waals surface area contributed by atoms with Gasteiger partial charge in [0, 0.05) is 11.4 Å². The van der Waals surface area contributed by atoms with Crippen LogP contribution >= 0.6 is 23.2 Å². The van der Waals surface area contributed by atoms with Crippen LogP contribution in [0.3, 0.4) is 0 Å². The van der Waals surface area contributed by atoms with E-state index in [1.807, 2.05) is 0 Å². The molecule has 0 bridgehead atoms. The van der Waals surface area contributed by atoms with Gasteiger partial charge >= 0.3 is 5.97 Å². The minimum atomic E-state index is -0.879. The summed E-state index contributed by atoms with van der Waals surface area (Å²) in [4.78, 5) is 38.5. The number of carbonyl (C=O) groups excluding carboxylic acids is 3. The fourth-order valence-corrected chi connectivity index (χ4v) is 4.21. The van der Waals surface area contributed by atoms with Crippen molar-refractivity contribution in [2.24, 2.45) is 11.8 Å². The first-order valence-electron chi connectivity index (χ1n) is 8.91. The van der Waals surface area contributed by atoms with Crippen LogP contribution in [0, 0.1) is 11.8 Å². The van der Waals surface area contributed by atoms with E-state index in [2.05, 4.69) is 0 Å². The zero-order valence-corrected chi connectivity index (χ0v) is 16.1. The maximum absolute atomic E-state index is 12.7. The van der Waals surface area contributed by atoms with Gasteiger partial charge in [-0.15, -0.1) is 11.6 Å². The highest BCUT2D eigenvalue weighted by Crippen LogP contribution is 2.40. The summed E-state index contributed by atoms with van der Waals surface area (Å²) in [6.45, 7) is 1.95. The van der Waals surface area contributed by atoms with Gasteiger partial charge < -0.3 is 4.74 Å². The Balaban J connectivity index is 1.84. The van der Waals surface area contributed by atoms with Gasteiger partial charge in [0.25, 0.3) is 0 Å². The number of esters is 1. The Morgan fingerprint density at radius 3 is 2.42 bits per heavy atom. The molecular formula is C19H21Cl2NO4. The predicted molar refractivity (Wildman–Crippen MR) is 99.4 cm³/mol. The van der Waals surface area contributed by atoms with Crippen LogP contribution in [-0.4, -0.2) is 29.8 Å². The van der Waals surface area contributed by atoms with E-state index in [1.165, 1.54) is 4.90 Å². The number of anilines is 1. The van der Waals surface area contributed by atoms with Gasteiger partial charge in [0.15, 0.2) is 0 Å². The number of halogens is 2. The first kappa shape index (κ1) is 19.2. The molecule has 2 aliphatic rings. The van der Waals surface area contributed by atoms with E-state index in [0.717, 1.165) is 25.7 Å². The SMILES string of the molecule is CCOC(=O)C(Cl)Cc1cc(N2C(=O)C3CCCCC3C2=O)ccc1Cl. The molecule has 5 nitrogen and oxygen atoms in total. The molecule has 0 aromatic heterocycles. The van der Waals surface area contributed by atoms with Crippen LogP contribution in [0.25, 0.3) is 0 Å². The molecule has 1 aromatic rings. The molecule has 3 atom stereocenters. The van der Waals surface area contributed by atoms with Crippen molar-refractivity contribution in [1.82, 2.24) is 0 Å². The number of carbonyl (C=O) groups is 3. The number of fused-ring (bicyclic) bond motifs is 1. The average Bonchev–Trinajstić information content (AvgIpc) is 2.88. The first-order chi connectivity index (χ1) is 12.4. The van der Waals surface area contributed by atoms with Crippen LogP contribution in [0.5, 0.6) is 0 Å². The molecule has 140 valence electrons. The van der Waals surface area contributed by atoms with Gasteiger partial charge in [0.05, 0.1) is 24.1 Å². The molecule has 26 heavy (non-hydrogen) atoms. The number of hydrogen-bond donors (Lipinski definition) is 0. The van der Waals surface area contributed by atoms with Gasteiger partial charge in [-0.3, -0.25) is 19.3 Å². The molecule has 1 heterocycles. The molecular weight excluding hydrogens is 377 g/mol. The third-order valence-corrected chi connectivity index (χ3v) is 5.77. The molecule has 1 aliphatic carbocycles. The molecule has 3 unspecified atom stereocenters. The maximum Gasteiger partial charge on any atom is 0.324 e. The average molecular weight is 398 g/mol. The van der Waals surface area contributed by atoms with Crippen molar-refractivity contribution in [2.75, 3.05) is 11.5 Å². The van der Waals surface area contributed by atoms with E-state index < -0.39 is 11.3 Å². The number of amides is 2. The summed E-state index contributed by atoms with van der Waals surface area (Å²) in [6.07, 6.45) is 3.65. The zero-order chi connectivity index (χ0) is 18.8. The van der Waals surface area contributed by atoms with E-state index in [1.54, 1.807) is 25.1 Å². The Morgan fingerprint density at radius 1 is 1.23 bits per heavy atom. The third-order valence-electron chi connectivity index (χ3n) is 5.07. The molecule has 3 rings (SSSR count). The van der Waals surface area contributed by atoms with Gasteiger partial charge in [-0.25, -0.2) is 0 Å². The van der Waals surface area contributed by atoms with E-state index in [9.17, 15) is 14.4 Å². The van der Waals surface area contributed by atoms with Crippen molar-refractivity contribution in [2.45, 2.75) is 44.4 Å². The lowest BCUT2D eigenvalue weighted by Crippen LogP contribution is -2.31. The fraction of sp³-hybridized carbons (Fsp3) is 0.526. The number of imide groups is 1. The molecule has 7 heteroatoms. The Labute approximate surface area is 162 Å². The Hall–Kier alpha value is -1.59. The minimum Gasteiger partial charge on any atom is -0.465 e.